The maximum atomic E-state index is 11.7. The Balaban J connectivity index is 3.13. The van der Waals surface area contributed by atoms with Gasteiger partial charge in [-0.3, -0.25) is 9.36 Å². The van der Waals surface area contributed by atoms with Crippen molar-refractivity contribution in [3.8, 4) is 0 Å². The second kappa shape index (κ2) is 4.93. The minimum Gasteiger partial charge on any atom is -0.294 e. The molecule has 1 aromatic rings. The summed E-state index contributed by atoms with van der Waals surface area (Å²) in [5.41, 5.74) is 3.14. The van der Waals surface area contributed by atoms with E-state index in [2.05, 4.69) is 4.98 Å². The molecule has 0 radical (unpaired) electrons. The first kappa shape index (κ1) is 11.7. The number of allylic oxidation sites excluding steroid dienone is 1. The molecule has 1 heterocycles. The first-order valence-electron chi connectivity index (χ1n) is 4.03. The Kier molecular flexibility index (Phi) is 4.12. The van der Waals surface area contributed by atoms with Crippen LogP contribution in [0.15, 0.2) is 22.2 Å². The molecule has 0 unspecified atom stereocenters. The third kappa shape index (κ3) is 2.57. The molecule has 5 heteroatoms. The number of hydrogen-bond acceptors (Lipinski definition) is 2. The smallest absolute Gasteiger partial charge is 0.267 e. The van der Waals surface area contributed by atoms with Crippen LogP contribution in [0.5, 0.6) is 0 Å². The Hall–Kier alpha value is -0.360. The van der Waals surface area contributed by atoms with Crippen molar-refractivity contribution >= 4 is 34.2 Å². The van der Waals surface area contributed by atoms with E-state index in [1.54, 1.807) is 10.9 Å². The molecule has 0 aliphatic rings. The summed E-state index contributed by atoms with van der Waals surface area (Å²) in [5, 5.41) is 0. The highest BCUT2D eigenvalue weighted by Crippen LogP contribution is 2.03. The highest BCUT2D eigenvalue weighted by Gasteiger charge is 2.04. The molecule has 76 valence electrons. The summed E-state index contributed by atoms with van der Waals surface area (Å²) >= 11 is 7.53. The average Bonchev–Trinajstić information content (AvgIpc) is 2.19. The van der Waals surface area contributed by atoms with Crippen molar-refractivity contribution in [2.75, 3.05) is 0 Å². The van der Waals surface area contributed by atoms with Crippen molar-refractivity contribution in [2.45, 2.75) is 20.4 Å². The van der Waals surface area contributed by atoms with Crippen molar-refractivity contribution in [3.05, 3.63) is 37.1 Å². The van der Waals surface area contributed by atoms with Crippen molar-refractivity contribution in [3.63, 3.8) is 0 Å². The fourth-order valence-electron chi connectivity index (χ4n) is 0.962. The van der Waals surface area contributed by atoms with Crippen molar-refractivity contribution in [2.24, 2.45) is 0 Å². The van der Waals surface area contributed by atoms with E-state index in [9.17, 15) is 4.79 Å². The molecule has 1 rings (SSSR count). The van der Waals surface area contributed by atoms with Gasteiger partial charge in [-0.15, -0.1) is 0 Å². The number of aryl methyl sites for hydroxylation is 1. The summed E-state index contributed by atoms with van der Waals surface area (Å²) in [6.45, 7) is 4.18. The fraction of sp³-hybridized carbons (Fsp3) is 0.333. The van der Waals surface area contributed by atoms with E-state index in [1.165, 1.54) is 5.54 Å². The highest BCUT2D eigenvalue weighted by atomic mass is 127. The summed E-state index contributed by atoms with van der Waals surface area (Å²) in [6.07, 6.45) is 1.55. The van der Waals surface area contributed by atoms with Crippen LogP contribution in [-0.4, -0.2) is 9.55 Å². The van der Waals surface area contributed by atoms with Gasteiger partial charge < -0.3 is 0 Å². The van der Waals surface area contributed by atoms with Crippen LogP contribution in [0.25, 0.3) is 0 Å². The van der Waals surface area contributed by atoms with E-state index in [4.69, 9.17) is 11.6 Å². The molecular weight excluding hydrogens is 314 g/mol. The van der Waals surface area contributed by atoms with Gasteiger partial charge in [-0.25, -0.2) is 4.98 Å². The lowest BCUT2D eigenvalue weighted by atomic mass is 10.3. The average molecular weight is 325 g/mol. The fourth-order valence-corrected chi connectivity index (χ4v) is 1.48. The first-order chi connectivity index (χ1) is 6.56. The summed E-state index contributed by atoms with van der Waals surface area (Å²) in [4.78, 5) is 15.8. The van der Waals surface area contributed by atoms with Crippen LogP contribution in [0.3, 0.4) is 0 Å². The minimum atomic E-state index is -0.0176. The normalized spacial score (nSPS) is 11.9. The summed E-state index contributed by atoms with van der Waals surface area (Å²) in [7, 11) is 0. The number of hydrogen-bond donors (Lipinski definition) is 0. The molecule has 0 aliphatic carbocycles. The molecule has 0 amide bonds. The summed E-state index contributed by atoms with van der Waals surface area (Å²) < 4.78 is 2.20. The van der Waals surface area contributed by atoms with Crippen LogP contribution < -0.4 is 5.56 Å². The van der Waals surface area contributed by atoms with Crippen LogP contribution in [0.4, 0.5) is 0 Å². The molecule has 3 nitrogen and oxygen atoms in total. The van der Waals surface area contributed by atoms with Crippen molar-refractivity contribution in [1.82, 2.24) is 9.55 Å². The van der Waals surface area contributed by atoms with Crippen LogP contribution in [0, 0.1) is 10.5 Å². The molecule has 0 fully saturated rings. The molecule has 0 saturated carbocycles. The van der Waals surface area contributed by atoms with Crippen LogP contribution in [0.1, 0.15) is 12.6 Å². The van der Waals surface area contributed by atoms with Crippen LogP contribution in [0.2, 0.25) is 0 Å². The van der Waals surface area contributed by atoms with E-state index in [0.717, 1.165) is 11.3 Å². The van der Waals surface area contributed by atoms with Gasteiger partial charge in [0.2, 0.25) is 0 Å². The number of rotatable bonds is 2. The van der Waals surface area contributed by atoms with Crippen LogP contribution >= 0.6 is 34.2 Å². The monoisotopic (exact) mass is 324 g/mol. The standard InChI is InChI=1S/C9H10ClIN2O/c1-6(3-10)4-13-5-12-7(2)8(11)9(13)14/h3,5H,4H2,1-2H3. The third-order valence-corrected chi connectivity index (χ3v) is 3.38. The lowest BCUT2D eigenvalue weighted by Crippen LogP contribution is -2.24. The number of halogens is 2. The molecule has 0 atom stereocenters. The van der Waals surface area contributed by atoms with Gasteiger partial charge in [0.1, 0.15) is 0 Å². The molecule has 0 bridgehead atoms. The Bertz CT molecular complexity index is 425. The van der Waals surface area contributed by atoms with Gasteiger partial charge in [-0.05, 0) is 42.0 Å². The lowest BCUT2D eigenvalue weighted by Gasteiger charge is -2.06. The maximum Gasteiger partial charge on any atom is 0.267 e. The molecule has 0 N–H and O–H groups in total. The quantitative estimate of drug-likeness (QED) is 0.783. The van der Waals surface area contributed by atoms with E-state index in [1.807, 2.05) is 36.4 Å². The first-order valence-corrected chi connectivity index (χ1v) is 5.55. The number of aromatic nitrogens is 2. The molecule has 14 heavy (non-hydrogen) atoms. The topological polar surface area (TPSA) is 34.9 Å². The molecule has 0 saturated heterocycles. The third-order valence-electron chi connectivity index (χ3n) is 1.76. The molecule has 0 aliphatic heterocycles. The Morgan fingerprint density at radius 1 is 1.79 bits per heavy atom. The zero-order valence-corrected chi connectivity index (χ0v) is 10.8. The summed E-state index contributed by atoms with van der Waals surface area (Å²) in [6, 6.07) is 0. The van der Waals surface area contributed by atoms with Gasteiger partial charge in [0, 0.05) is 12.1 Å². The second-order valence-electron chi connectivity index (χ2n) is 3.03. The van der Waals surface area contributed by atoms with Gasteiger partial charge in [-0.1, -0.05) is 11.6 Å². The Morgan fingerprint density at radius 3 is 3.00 bits per heavy atom. The zero-order chi connectivity index (χ0) is 10.7. The van der Waals surface area contributed by atoms with Crippen molar-refractivity contribution < 1.29 is 0 Å². The largest absolute Gasteiger partial charge is 0.294 e. The van der Waals surface area contributed by atoms with Gasteiger partial charge in [0.05, 0.1) is 15.6 Å². The zero-order valence-electron chi connectivity index (χ0n) is 7.92. The van der Waals surface area contributed by atoms with E-state index < -0.39 is 0 Å². The molecule has 1 aromatic heterocycles. The van der Waals surface area contributed by atoms with Gasteiger partial charge in [0.25, 0.3) is 5.56 Å². The predicted molar refractivity (Wildman–Crippen MR) is 65.6 cm³/mol. The Morgan fingerprint density at radius 2 is 2.43 bits per heavy atom. The molecule has 0 aromatic carbocycles. The van der Waals surface area contributed by atoms with E-state index >= 15 is 0 Å². The molecule has 0 spiro atoms. The van der Waals surface area contributed by atoms with Gasteiger partial charge in [-0.2, -0.15) is 0 Å². The lowest BCUT2D eigenvalue weighted by molar-refractivity contribution is 0.714. The van der Waals surface area contributed by atoms with E-state index in [0.29, 0.717) is 10.1 Å². The number of nitrogens with zero attached hydrogens (tertiary/aromatic N) is 2. The highest BCUT2D eigenvalue weighted by molar-refractivity contribution is 14.1. The van der Waals surface area contributed by atoms with Crippen LogP contribution in [-0.2, 0) is 6.54 Å². The van der Waals surface area contributed by atoms with Crippen molar-refractivity contribution in [1.29, 1.82) is 0 Å². The summed E-state index contributed by atoms with van der Waals surface area (Å²) in [5.74, 6) is 0. The Labute approximate surface area is 101 Å². The minimum absolute atomic E-state index is 0.0176. The maximum absolute atomic E-state index is 11.7. The predicted octanol–water partition coefficient (Wildman–Crippen LogP) is 2.30. The van der Waals surface area contributed by atoms with Gasteiger partial charge >= 0.3 is 0 Å². The second-order valence-corrected chi connectivity index (χ2v) is 4.33. The molecular formula is C9H10ClIN2O. The van der Waals surface area contributed by atoms with E-state index in [-0.39, 0.29) is 5.56 Å². The SMILES string of the molecule is CC(=CCl)Cn1cnc(C)c(I)c1=O. The van der Waals surface area contributed by atoms with Gasteiger partial charge in [0.15, 0.2) is 0 Å².